The quantitative estimate of drug-likeness (QED) is 0.694. The number of hydrogen-bond acceptors (Lipinski definition) is 3. The summed E-state index contributed by atoms with van der Waals surface area (Å²) in [4.78, 5) is 15.3. The van der Waals surface area contributed by atoms with Gasteiger partial charge in [0.2, 0.25) is 11.6 Å². The second-order valence-corrected chi connectivity index (χ2v) is 3.82. The minimum atomic E-state index is -0.120. The number of benzene rings is 1. The summed E-state index contributed by atoms with van der Waals surface area (Å²) >= 11 is 0. The fourth-order valence-electron chi connectivity index (χ4n) is 1.92. The summed E-state index contributed by atoms with van der Waals surface area (Å²) in [5.41, 5.74) is 1.92. The molecular weight excluding hydrogens is 216 g/mol. The van der Waals surface area contributed by atoms with Crippen molar-refractivity contribution in [2.45, 2.75) is 6.92 Å². The van der Waals surface area contributed by atoms with Crippen LogP contribution < -0.4 is 5.32 Å². The highest BCUT2D eigenvalue weighted by atomic mass is 16.3. The van der Waals surface area contributed by atoms with Gasteiger partial charge < -0.3 is 9.73 Å². The van der Waals surface area contributed by atoms with Crippen molar-refractivity contribution >= 4 is 33.7 Å². The van der Waals surface area contributed by atoms with E-state index < -0.39 is 0 Å². The first-order chi connectivity index (χ1) is 8.25. The zero-order valence-corrected chi connectivity index (χ0v) is 9.23. The molecule has 0 spiro atoms. The standard InChI is InChI=1S/C13H10N2O2/c1-8(16)15-11-6-2-4-9-10-5-3-7-14-13(10)17-12(9)11/h2-7H,1H3,(H,15,16). The molecule has 2 aromatic heterocycles. The summed E-state index contributed by atoms with van der Waals surface area (Å²) in [6.07, 6.45) is 1.68. The number of rotatable bonds is 1. The first kappa shape index (κ1) is 9.84. The van der Waals surface area contributed by atoms with Gasteiger partial charge in [-0.2, -0.15) is 0 Å². The largest absolute Gasteiger partial charge is 0.436 e. The first-order valence-electron chi connectivity index (χ1n) is 5.29. The van der Waals surface area contributed by atoms with Gasteiger partial charge in [-0.3, -0.25) is 4.79 Å². The number of nitrogens with zero attached hydrogens (tertiary/aromatic N) is 1. The van der Waals surface area contributed by atoms with Gasteiger partial charge >= 0.3 is 0 Å². The van der Waals surface area contributed by atoms with E-state index in [-0.39, 0.29) is 5.91 Å². The number of furan rings is 1. The Balaban J connectivity index is 2.35. The Hall–Kier alpha value is -2.36. The molecule has 4 nitrogen and oxygen atoms in total. The lowest BCUT2D eigenvalue weighted by atomic mass is 10.2. The van der Waals surface area contributed by atoms with Crippen LogP contribution in [-0.4, -0.2) is 10.9 Å². The first-order valence-corrected chi connectivity index (χ1v) is 5.29. The predicted octanol–water partition coefficient (Wildman–Crippen LogP) is 2.94. The number of fused-ring (bicyclic) bond motifs is 3. The Morgan fingerprint density at radius 1 is 1.24 bits per heavy atom. The van der Waals surface area contributed by atoms with Gasteiger partial charge in [0.1, 0.15) is 0 Å². The Kier molecular flexibility index (Phi) is 2.08. The molecule has 17 heavy (non-hydrogen) atoms. The molecule has 84 valence electrons. The van der Waals surface area contributed by atoms with E-state index in [1.54, 1.807) is 6.20 Å². The molecule has 1 aromatic carbocycles. The molecule has 0 aliphatic heterocycles. The van der Waals surface area contributed by atoms with Crippen molar-refractivity contribution in [1.82, 2.24) is 4.98 Å². The molecule has 3 aromatic rings. The summed E-state index contributed by atoms with van der Waals surface area (Å²) in [5.74, 6) is -0.120. The molecule has 4 heteroatoms. The normalized spacial score (nSPS) is 10.9. The number of amides is 1. The molecule has 0 saturated heterocycles. The van der Waals surface area contributed by atoms with Crippen molar-refractivity contribution in [3.8, 4) is 0 Å². The van der Waals surface area contributed by atoms with E-state index in [1.165, 1.54) is 6.92 Å². The van der Waals surface area contributed by atoms with Crippen LogP contribution in [0.1, 0.15) is 6.92 Å². The number of anilines is 1. The molecular formula is C13H10N2O2. The highest BCUT2D eigenvalue weighted by Crippen LogP contribution is 2.31. The van der Waals surface area contributed by atoms with Crippen LogP contribution in [0.15, 0.2) is 40.9 Å². The van der Waals surface area contributed by atoms with Crippen molar-refractivity contribution in [3.63, 3.8) is 0 Å². The zero-order chi connectivity index (χ0) is 11.8. The van der Waals surface area contributed by atoms with Gasteiger partial charge in [0.25, 0.3) is 0 Å². The number of aromatic nitrogens is 1. The minimum absolute atomic E-state index is 0.120. The number of carbonyl (C=O) groups is 1. The van der Waals surface area contributed by atoms with E-state index in [4.69, 9.17) is 4.42 Å². The van der Waals surface area contributed by atoms with Crippen LogP contribution in [0.3, 0.4) is 0 Å². The topological polar surface area (TPSA) is 55.1 Å². The molecule has 0 fully saturated rings. The molecule has 3 rings (SSSR count). The summed E-state index contributed by atoms with van der Waals surface area (Å²) in [5, 5.41) is 4.66. The number of carbonyl (C=O) groups excluding carboxylic acids is 1. The number of nitrogens with one attached hydrogen (secondary N) is 1. The predicted molar refractivity (Wildman–Crippen MR) is 65.8 cm³/mol. The summed E-state index contributed by atoms with van der Waals surface area (Å²) in [6.45, 7) is 1.47. The molecule has 1 N–H and O–H groups in total. The van der Waals surface area contributed by atoms with E-state index >= 15 is 0 Å². The smallest absolute Gasteiger partial charge is 0.227 e. The van der Waals surface area contributed by atoms with E-state index in [0.29, 0.717) is 17.0 Å². The molecule has 0 bridgehead atoms. The van der Waals surface area contributed by atoms with Crippen LogP contribution in [0.2, 0.25) is 0 Å². The Morgan fingerprint density at radius 2 is 2.06 bits per heavy atom. The van der Waals surface area contributed by atoms with Gasteiger partial charge in [0.05, 0.1) is 5.69 Å². The molecule has 0 unspecified atom stereocenters. The molecule has 0 aliphatic rings. The Labute approximate surface area is 97.2 Å². The van der Waals surface area contributed by atoms with Gasteiger partial charge in [-0.1, -0.05) is 12.1 Å². The molecule has 1 amide bonds. The maximum atomic E-state index is 11.1. The van der Waals surface area contributed by atoms with Crippen LogP contribution in [0.5, 0.6) is 0 Å². The summed E-state index contributed by atoms with van der Waals surface area (Å²) in [7, 11) is 0. The van der Waals surface area contributed by atoms with Crippen LogP contribution in [-0.2, 0) is 4.79 Å². The van der Waals surface area contributed by atoms with Crippen LogP contribution >= 0.6 is 0 Å². The lowest BCUT2D eigenvalue weighted by molar-refractivity contribution is -0.114. The summed E-state index contributed by atoms with van der Waals surface area (Å²) < 4.78 is 5.66. The average molecular weight is 226 g/mol. The van der Waals surface area contributed by atoms with Crippen molar-refractivity contribution in [2.24, 2.45) is 0 Å². The zero-order valence-electron chi connectivity index (χ0n) is 9.23. The van der Waals surface area contributed by atoms with Crippen molar-refractivity contribution in [3.05, 3.63) is 36.5 Å². The van der Waals surface area contributed by atoms with Gasteiger partial charge in [-0.15, -0.1) is 0 Å². The van der Waals surface area contributed by atoms with Crippen LogP contribution in [0.25, 0.3) is 22.1 Å². The number of hydrogen-bond donors (Lipinski definition) is 1. The molecule has 0 atom stereocenters. The lowest BCUT2D eigenvalue weighted by Crippen LogP contribution is -2.05. The van der Waals surface area contributed by atoms with Gasteiger partial charge in [0.15, 0.2) is 5.58 Å². The number of pyridine rings is 1. The molecule has 2 heterocycles. The fourth-order valence-corrected chi connectivity index (χ4v) is 1.92. The minimum Gasteiger partial charge on any atom is -0.436 e. The second kappa shape index (κ2) is 3.59. The maximum absolute atomic E-state index is 11.1. The Morgan fingerprint density at radius 3 is 2.88 bits per heavy atom. The van der Waals surface area contributed by atoms with Crippen LogP contribution in [0.4, 0.5) is 5.69 Å². The molecule has 0 aliphatic carbocycles. The fraction of sp³-hybridized carbons (Fsp3) is 0.0769. The van der Waals surface area contributed by atoms with E-state index in [1.807, 2.05) is 30.3 Å². The van der Waals surface area contributed by atoms with E-state index in [2.05, 4.69) is 10.3 Å². The van der Waals surface area contributed by atoms with Crippen molar-refractivity contribution in [1.29, 1.82) is 0 Å². The number of para-hydroxylation sites is 1. The summed E-state index contributed by atoms with van der Waals surface area (Å²) in [6, 6.07) is 9.46. The van der Waals surface area contributed by atoms with Crippen molar-refractivity contribution in [2.75, 3.05) is 5.32 Å². The van der Waals surface area contributed by atoms with Crippen molar-refractivity contribution < 1.29 is 9.21 Å². The molecule has 0 saturated carbocycles. The Bertz CT molecular complexity index is 716. The van der Waals surface area contributed by atoms with Gasteiger partial charge in [0, 0.05) is 23.9 Å². The highest BCUT2D eigenvalue weighted by molar-refractivity contribution is 6.09. The molecule has 0 radical (unpaired) electrons. The van der Waals surface area contributed by atoms with E-state index in [9.17, 15) is 4.79 Å². The van der Waals surface area contributed by atoms with Crippen LogP contribution in [0, 0.1) is 0 Å². The third kappa shape index (κ3) is 1.54. The monoisotopic (exact) mass is 226 g/mol. The van der Waals surface area contributed by atoms with Gasteiger partial charge in [-0.25, -0.2) is 4.98 Å². The lowest BCUT2D eigenvalue weighted by Gasteiger charge is -2.01. The van der Waals surface area contributed by atoms with Gasteiger partial charge in [-0.05, 0) is 18.2 Å². The maximum Gasteiger partial charge on any atom is 0.227 e. The third-order valence-corrected chi connectivity index (χ3v) is 2.59. The highest BCUT2D eigenvalue weighted by Gasteiger charge is 2.11. The average Bonchev–Trinajstić information content (AvgIpc) is 2.68. The van der Waals surface area contributed by atoms with E-state index in [0.717, 1.165) is 10.8 Å². The third-order valence-electron chi connectivity index (χ3n) is 2.59. The SMILES string of the molecule is CC(=O)Nc1cccc2c1oc1ncccc12. The second-order valence-electron chi connectivity index (χ2n) is 3.82.